The number of nitrogens with zero attached hydrogens (tertiary/aromatic N) is 1. The SMILES string of the molecule is CC1(C(=O)O)CCCC1NC(=O)c1cccc(F)n1. The first-order valence-corrected chi connectivity index (χ1v) is 6.10. The standard InChI is InChI=1S/C13H15FN2O3/c1-13(12(18)19)7-3-5-9(13)16-11(17)8-4-2-6-10(14)15-8/h2,4,6,9H,3,5,7H2,1H3,(H,16,17)(H,18,19). The Balaban J connectivity index is 2.13. The van der Waals surface area contributed by atoms with E-state index in [-0.39, 0.29) is 5.69 Å². The molecule has 6 heteroatoms. The summed E-state index contributed by atoms with van der Waals surface area (Å²) >= 11 is 0. The maximum atomic E-state index is 12.9. The lowest BCUT2D eigenvalue weighted by Gasteiger charge is -2.27. The molecule has 0 saturated heterocycles. The van der Waals surface area contributed by atoms with Gasteiger partial charge in [0.05, 0.1) is 5.41 Å². The second-order valence-corrected chi connectivity index (χ2v) is 4.99. The highest BCUT2D eigenvalue weighted by molar-refractivity contribution is 5.93. The van der Waals surface area contributed by atoms with Crippen LogP contribution in [0.5, 0.6) is 0 Å². The molecule has 2 unspecified atom stereocenters. The smallest absolute Gasteiger partial charge is 0.311 e. The minimum Gasteiger partial charge on any atom is -0.481 e. The number of carboxylic acids is 1. The molecule has 1 heterocycles. The second-order valence-electron chi connectivity index (χ2n) is 4.99. The number of halogens is 1. The highest BCUT2D eigenvalue weighted by atomic mass is 19.1. The third-order valence-corrected chi connectivity index (χ3v) is 3.70. The third kappa shape index (κ3) is 2.57. The molecule has 2 N–H and O–H groups in total. The Morgan fingerprint density at radius 3 is 2.89 bits per heavy atom. The molecule has 19 heavy (non-hydrogen) atoms. The molecule has 0 aromatic carbocycles. The molecule has 0 aliphatic heterocycles. The zero-order valence-electron chi connectivity index (χ0n) is 10.5. The van der Waals surface area contributed by atoms with Gasteiger partial charge in [-0.3, -0.25) is 9.59 Å². The Bertz CT molecular complexity index is 520. The summed E-state index contributed by atoms with van der Waals surface area (Å²) in [6.07, 6.45) is 1.86. The number of aromatic nitrogens is 1. The van der Waals surface area contributed by atoms with Gasteiger partial charge in [0, 0.05) is 6.04 Å². The first kappa shape index (κ1) is 13.5. The maximum absolute atomic E-state index is 12.9. The van der Waals surface area contributed by atoms with Gasteiger partial charge in [-0.25, -0.2) is 4.98 Å². The molecule has 5 nitrogen and oxygen atoms in total. The molecule has 102 valence electrons. The summed E-state index contributed by atoms with van der Waals surface area (Å²) in [5.41, 5.74) is -1.01. The number of amides is 1. The first-order chi connectivity index (χ1) is 8.93. The van der Waals surface area contributed by atoms with Crippen molar-refractivity contribution < 1.29 is 19.1 Å². The average Bonchev–Trinajstić information content (AvgIpc) is 2.72. The molecule has 0 radical (unpaired) electrons. The fourth-order valence-corrected chi connectivity index (χ4v) is 2.42. The average molecular weight is 266 g/mol. The molecule has 1 aliphatic carbocycles. The van der Waals surface area contributed by atoms with Gasteiger partial charge in [0.25, 0.3) is 5.91 Å². The highest BCUT2D eigenvalue weighted by Crippen LogP contribution is 2.38. The summed E-state index contributed by atoms with van der Waals surface area (Å²) in [7, 11) is 0. The Morgan fingerprint density at radius 2 is 2.26 bits per heavy atom. The van der Waals surface area contributed by atoms with E-state index in [1.54, 1.807) is 6.92 Å². The minimum atomic E-state index is -0.969. The van der Waals surface area contributed by atoms with Crippen LogP contribution in [0, 0.1) is 11.4 Å². The molecule has 1 amide bonds. The third-order valence-electron chi connectivity index (χ3n) is 3.70. The van der Waals surface area contributed by atoms with Crippen LogP contribution in [-0.4, -0.2) is 28.0 Å². The van der Waals surface area contributed by atoms with Gasteiger partial charge in [-0.05, 0) is 31.9 Å². The number of hydrogen-bond acceptors (Lipinski definition) is 3. The molecule has 0 spiro atoms. The summed E-state index contributed by atoms with van der Waals surface area (Å²) in [5.74, 6) is -2.21. The van der Waals surface area contributed by atoms with E-state index < -0.39 is 29.3 Å². The van der Waals surface area contributed by atoms with Crippen molar-refractivity contribution >= 4 is 11.9 Å². The monoisotopic (exact) mass is 266 g/mol. The molecule has 0 bridgehead atoms. The van der Waals surface area contributed by atoms with Gasteiger partial charge < -0.3 is 10.4 Å². The van der Waals surface area contributed by atoms with E-state index in [1.165, 1.54) is 12.1 Å². The summed E-state index contributed by atoms with van der Waals surface area (Å²) in [6, 6.07) is 3.48. The highest BCUT2D eigenvalue weighted by Gasteiger charge is 2.46. The number of aliphatic carboxylic acids is 1. The number of pyridine rings is 1. The molecule has 1 aromatic rings. The molecule has 1 aromatic heterocycles. The summed E-state index contributed by atoms with van der Waals surface area (Å²) in [6.45, 7) is 1.62. The number of rotatable bonds is 3. The predicted octanol–water partition coefficient (Wildman–Crippen LogP) is 1.59. The molecule has 1 aliphatic rings. The van der Waals surface area contributed by atoms with Crippen LogP contribution in [0.15, 0.2) is 18.2 Å². The van der Waals surface area contributed by atoms with Gasteiger partial charge >= 0.3 is 5.97 Å². The van der Waals surface area contributed by atoms with Crippen LogP contribution in [0.25, 0.3) is 0 Å². The molecule has 2 atom stereocenters. The number of hydrogen-bond donors (Lipinski definition) is 2. The topological polar surface area (TPSA) is 79.3 Å². The summed E-state index contributed by atoms with van der Waals surface area (Å²) in [4.78, 5) is 26.7. The van der Waals surface area contributed by atoms with Gasteiger partial charge in [0.1, 0.15) is 5.69 Å². The zero-order chi connectivity index (χ0) is 14.0. The van der Waals surface area contributed by atoms with Crippen LogP contribution < -0.4 is 5.32 Å². The van der Waals surface area contributed by atoms with Crippen molar-refractivity contribution in [3.8, 4) is 0 Å². The summed E-state index contributed by atoms with van der Waals surface area (Å²) < 4.78 is 12.9. The Labute approximate surface area is 109 Å². The molecule has 1 saturated carbocycles. The molecule has 2 rings (SSSR count). The van der Waals surface area contributed by atoms with Crippen LogP contribution in [0.2, 0.25) is 0 Å². The van der Waals surface area contributed by atoms with Crippen molar-refractivity contribution in [2.24, 2.45) is 5.41 Å². The number of carboxylic acid groups (broad SMARTS) is 1. The van der Waals surface area contributed by atoms with Crippen molar-refractivity contribution in [2.45, 2.75) is 32.2 Å². The van der Waals surface area contributed by atoms with Gasteiger partial charge in [0.2, 0.25) is 5.95 Å². The minimum absolute atomic E-state index is 0.0420. The van der Waals surface area contributed by atoms with Crippen molar-refractivity contribution in [3.63, 3.8) is 0 Å². The lowest BCUT2D eigenvalue weighted by molar-refractivity contribution is -0.148. The van der Waals surface area contributed by atoms with Crippen LogP contribution in [0.1, 0.15) is 36.7 Å². The molecular formula is C13H15FN2O3. The van der Waals surface area contributed by atoms with Crippen LogP contribution in [0.3, 0.4) is 0 Å². The number of carbonyl (C=O) groups is 2. The first-order valence-electron chi connectivity index (χ1n) is 6.10. The van der Waals surface area contributed by atoms with E-state index in [4.69, 9.17) is 0 Å². The number of nitrogens with one attached hydrogen (secondary N) is 1. The van der Waals surface area contributed by atoms with E-state index in [9.17, 15) is 19.1 Å². The summed E-state index contributed by atoms with van der Waals surface area (Å²) in [5, 5.41) is 11.9. The lowest BCUT2D eigenvalue weighted by atomic mass is 9.85. The van der Waals surface area contributed by atoms with Crippen molar-refractivity contribution in [3.05, 3.63) is 29.8 Å². The Morgan fingerprint density at radius 1 is 1.53 bits per heavy atom. The Hall–Kier alpha value is -1.98. The van der Waals surface area contributed by atoms with E-state index in [0.717, 1.165) is 12.5 Å². The lowest BCUT2D eigenvalue weighted by Crippen LogP contribution is -2.47. The van der Waals surface area contributed by atoms with E-state index >= 15 is 0 Å². The van der Waals surface area contributed by atoms with E-state index in [0.29, 0.717) is 12.8 Å². The number of carbonyl (C=O) groups excluding carboxylic acids is 1. The maximum Gasteiger partial charge on any atom is 0.311 e. The van der Waals surface area contributed by atoms with Crippen LogP contribution >= 0.6 is 0 Å². The zero-order valence-corrected chi connectivity index (χ0v) is 10.5. The van der Waals surface area contributed by atoms with Gasteiger partial charge in [0.15, 0.2) is 0 Å². The molecule has 1 fully saturated rings. The van der Waals surface area contributed by atoms with Crippen molar-refractivity contribution in [2.75, 3.05) is 0 Å². The van der Waals surface area contributed by atoms with E-state index in [1.807, 2.05) is 0 Å². The van der Waals surface area contributed by atoms with Gasteiger partial charge in [-0.15, -0.1) is 0 Å². The van der Waals surface area contributed by atoms with Crippen molar-refractivity contribution in [1.82, 2.24) is 10.3 Å². The van der Waals surface area contributed by atoms with Crippen LogP contribution in [-0.2, 0) is 4.79 Å². The van der Waals surface area contributed by atoms with E-state index in [2.05, 4.69) is 10.3 Å². The fraction of sp³-hybridized carbons (Fsp3) is 0.462. The van der Waals surface area contributed by atoms with Gasteiger partial charge in [-0.1, -0.05) is 12.5 Å². The normalized spacial score (nSPS) is 26.1. The quantitative estimate of drug-likeness (QED) is 0.814. The van der Waals surface area contributed by atoms with Gasteiger partial charge in [-0.2, -0.15) is 4.39 Å². The van der Waals surface area contributed by atoms with Crippen LogP contribution in [0.4, 0.5) is 4.39 Å². The van der Waals surface area contributed by atoms with Crippen molar-refractivity contribution in [1.29, 1.82) is 0 Å². The largest absolute Gasteiger partial charge is 0.481 e. The predicted molar refractivity (Wildman–Crippen MR) is 65.0 cm³/mol. The second kappa shape index (κ2) is 4.95. The Kier molecular flexibility index (Phi) is 3.50. The molecular weight excluding hydrogens is 251 g/mol. The fourth-order valence-electron chi connectivity index (χ4n) is 2.42.